The molecule has 0 aromatic heterocycles. The number of ketones is 1. The summed E-state index contributed by atoms with van der Waals surface area (Å²) in [6.45, 7) is 2.25. The lowest BCUT2D eigenvalue weighted by Gasteiger charge is -2.52. The van der Waals surface area contributed by atoms with E-state index in [1.165, 1.54) is 16.0 Å². The Balaban J connectivity index is 1.69. The van der Waals surface area contributed by atoms with Crippen LogP contribution in [0.4, 0.5) is 4.79 Å². The van der Waals surface area contributed by atoms with Gasteiger partial charge in [0.15, 0.2) is 5.78 Å². The van der Waals surface area contributed by atoms with Crippen LogP contribution in [0.5, 0.6) is 0 Å². The van der Waals surface area contributed by atoms with Gasteiger partial charge in [0.05, 0.1) is 12.5 Å². The summed E-state index contributed by atoms with van der Waals surface area (Å²) in [6, 6.07) is 2.32. The van der Waals surface area contributed by atoms with Crippen LogP contribution in [0, 0.1) is 28.6 Å². The third kappa shape index (κ3) is 2.72. The molecule has 4 aliphatic carbocycles. The molecule has 5 heteroatoms. The number of allylic oxidation sites excluding steroid dienone is 4. The normalized spacial score (nSPS) is 36.6. The van der Waals surface area contributed by atoms with Crippen LogP contribution in [0.1, 0.15) is 64.7 Å². The van der Waals surface area contributed by atoms with E-state index in [1.54, 1.807) is 19.7 Å². The van der Waals surface area contributed by atoms with E-state index in [1.807, 2.05) is 6.08 Å². The first-order chi connectivity index (χ1) is 13.3. The van der Waals surface area contributed by atoms with Gasteiger partial charge < -0.3 is 9.64 Å². The lowest BCUT2D eigenvalue weighted by atomic mass is 9.54. The van der Waals surface area contributed by atoms with Crippen molar-refractivity contribution in [3.8, 4) is 6.07 Å². The van der Waals surface area contributed by atoms with Crippen LogP contribution < -0.4 is 0 Å². The molecular weight excluding hydrogens is 352 g/mol. The molecule has 2 fully saturated rings. The fraction of sp³-hybridized carbons (Fsp3) is 0.696. The van der Waals surface area contributed by atoms with Gasteiger partial charge in [-0.3, -0.25) is 4.79 Å². The Kier molecular flexibility index (Phi) is 4.64. The molecular formula is C23H30N2O3. The van der Waals surface area contributed by atoms with E-state index in [2.05, 4.69) is 13.0 Å². The van der Waals surface area contributed by atoms with E-state index in [0.717, 1.165) is 44.9 Å². The van der Waals surface area contributed by atoms with Gasteiger partial charge in [-0.15, -0.1) is 0 Å². The second-order valence-corrected chi connectivity index (χ2v) is 9.44. The van der Waals surface area contributed by atoms with Crippen molar-refractivity contribution in [2.75, 3.05) is 14.1 Å². The van der Waals surface area contributed by atoms with Gasteiger partial charge in [-0.2, -0.15) is 5.26 Å². The molecule has 0 aromatic rings. The Morgan fingerprint density at radius 3 is 2.75 bits per heavy atom. The van der Waals surface area contributed by atoms with Crippen LogP contribution in [0.3, 0.4) is 0 Å². The summed E-state index contributed by atoms with van der Waals surface area (Å²) >= 11 is 0. The number of nitrogens with zero attached hydrogens (tertiary/aromatic N) is 2. The van der Waals surface area contributed by atoms with Crippen LogP contribution in [0.15, 0.2) is 22.8 Å². The van der Waals surface area contributed by atoms with Crippen molar-refractivity contribution in [1.82, 2.24) is 4.90 Å². The molecule has 0 heterocycles. The maximum absolute atomic E-state index is 12.4. The van der Waals surface area contributed by atoms with Crippen molar-refractivity contribution in [2.24, 2.45) is 17.3 Å². The van der Waals surface area contributed by atoms with Crippen molar-refractivity contribution in [2.45, 2.75) is 70.3 Å². The molecule has 4 rings (SSSR count). The number of amides is 1. The standard InChI is InChI=1S/C23H30N2O3/c1-22-10-8-18-17-7-5-16(26)14-15(17)4-6-19(18)20(22)9-11-23(22,12-13-24)28-21(27)25(2)3/h14,19-20H,4-12H2,1-3H3/t19?,20?,22-,23+/m0/s1. The zero-order valence-corrected chi connectivity index (χ0v) is 17.2. The Hall–Kier alpha value is -2.09. The molecule has 2 saturated carbocycles. The summed E-state index contributed by atoms with van der Waals surface area (Å²) in [5.41, 5.74) is 3.41. The lowest BCUT2D eigenvalue weighted by molar-refractivity contribution is -0.114. The number of ether oxygens (including phenoxy) is 1. The second-order valence-electron chi connectivity index (χ2n) is 9.44. The third-order valence-electron chi connectivity index (χ3n) is 8.03. The predicted molar refractivity (Wildman–Crippen MR) is 105 cm³/mol. The highest BCUT2D eigenvalue weighted by Crippen LogP contribution is 2.65. The molecule has 1 amide bonds. The van der Waals surface area contributed by atoms with Crippen LogP contribution >= 0.6 is 0 Å². The van der Waals surface area contributed by atoms with Gasteiger partial charge in [0.25, 0.3) is 0 Å². The number of hydrogen-bond acceptors (Lipinski definition) is 4. The number of carbonyl (C=O) groups excluding carboxylic acids is 2. The number of carbonyl (C=O) groups is 2. The maximum Gasteiger partial charge on any atom is 0.409 e. The zero-order chi connectivity index (χ0) is 20.1. The van der Waals surface area contributed by atoms with Gasteiger partial charge in [0.2, 0.25) is 0 Å². The molecule has 28 heavy (non-hydrogen) atoms. The van der Waals surface area contributed by atoms with E-state index in [4.69, 9.17) is 4.74 Å². The van der Waals surface area contributed by atoms with Crippen LogP contribution in [-0.2, 0) is 9.53 Å². The Labute approximate surface area is 167 Å². The number of hydrogen-bond donors (Lipinski definition) is 0. The van der Waals surface area contributed by atoms with Gasteiger partial charge in [-0.1, -0.05) is 12.5 Å². The SMILES string of the molecule is CN(C)C(=O)O[C@@]1(CC#N)CCC2C3CCC4=CC(=O)CCC4=C3CC[C@@]21C. The summed E-state index contributed by atoms with van der Waals surface area (Å²) in [6.07, 6.45) is 9.06. The van der Waals surface area contributed by atoms with Gasteiger partial charge in [-0.05, 0) is 74.0 Å². The molecule has 4 aliphatic rings. The summed E-state index contributed by atoms with van der Waals surface area (Å²) in [5.74, 6) is 1.20. The first-order valence-corrected chi connectivity index (χ1v) is 10.5. The predicted octanol–water partition coefficient (Wildman–Crippen LogP) is 4.54. The van der Waals surface area contributed by atoms with E-state index in [-0.39, 0.29) is 23.7 Å². The van der Waals surface area contributed by atoms with Gasteiger partial charge in [0.1, 0.15) is 5.60 Å². The molecule has 0 aromatic carbocycles. The number of fused-ring (bicyclic) bond motifs is 4. The van der Waals surface area contributed by atoms with Gasteiger partial charge in [-0.25, -0.2) is 4.79 Å². The quantitative estimate of drug-likeness (QED) is 0.703. The Morgan fingerprint density at radius 1 is 1.25 bits per heavy atom. The number of nitriles is 1. The number of rotatable bonds is 2. The fourth-order valence-corrected chi connectivity index (χ4v) is 6.51. The highest BCUT2D eigenvalue weighted by atomic mass is 16.6. The van der Waals surface area contributed by atoms with E-state index in [0.29, 0.717) is 18.3 Å². The fourth-order valence-electron chi connectivity index (χ4n) is 6.51. The topological polar surface area (TPSA) is 70.4 Å². The monoisotopic (exact) mass is 382 g/mol. The maximum atomic E-state index is 12.4. The minimum absolute atomic E-state index is 0.172. The minimum atomic E-state index is -0.692. The van der Waals surface area contributed by atoms with Crippen molar-refractivity contribution < 1.29 is 14.3 Å². The van der Waals surface area contributed by atoms with Crippen molar-refractivity contribution >= 4 is 11.9 Å². The van der Waals surface area contributed by atoms with Gasteiger partial charge in [0, 0.05) is 25.9 Å². The lowest BCUT2D eigenvalue weighted by Crippen LogP contribution is -2.53. The third-order valence-corrected chi connectivity index (χ3v) is 8.03. The molecule has 0 N–H and O–H groups in total. The first kappa shape index (κ1) is 19.2. The zero-order valence-electron chi connectivity index (χ0n) is 17.2. The first-order valence-electron chi connectivity index (χ1n) is 10.5. The molecule has 4 atom stereocenters. The summed E-state index contributed by atoms with van der Waals surface area (Å²) in [5, 5.41) is 9.56. The van der Waals surface area contributed by atoms with E-state index < -0.39 is 5.60 Å². The van der Waals surface area contributed by atoms with Crippen molar-refractivity contribution in [3.63, 3.8) is 0 Å². The Bertz CT molecular complexity index is 818. The largest absolute Gasteiger partial charge is 0.441 e. The van der Waals surface area contributed by atoms with Crippen LogP contribution in [0.2, 0.25) is 0 Å². The summed E-state index contributed by atoms with van der Waals surface area (Å²) in [4.78, 5) is 25.7. The molecule has 5 nitrogen and oxygen atoms in total. The average molecular weight is 383 g/mol. The summed E-state index contributed by atoms with van der Waals surface area (Å²) < 4.78 is 6.07. The molecule has 0 bridgehead atoms. The summed E-state index contributed by atoms with van der Waals surface area (Å²) in [7, 11) is 3.39. The molecule has 0 spiro atoms. The smallest absolute Gasteiger partial charge is 0.409 e. The van der Waals surface area contributed by atoms with Crippen molar-refractivity contribution in [3.05, 3.63) is 22.8 Å². The van der Waals surface area contributed by atoms with Crippen LogP contribution in [-0.4, -0.2) is 36.5 Å². The van der Waals surface area contributed by atoms with E-state index >= 15 is 0 Å². The highest BCUT2D eigenvalue weighted by Gasteiger charge is 2.63. The van der Waals surface area contributed by atoms with E-state index in [9.17, 15) is 14.9 Å². The van der Waals surface area contributed by atoms with Gasteiger partial charge >= 0.3 is 6.09 Å². The molecule has 2 unspecified atom stereocenters. The highest BCUT2D eigenvalue weighted by molar-refractivity contribution is 5.93. The molecule has 0 radical (unpaired) electrons. The Morgan fingerprint density at radius 2 is 2.04 bits per heavy atom. The minimum Gasteiger partial charge on any atom is -0.441 e. The second kappa shape index (κ2) is 6.76. The molecule has 0 aliphatic heterocycles. The average Bonchev–Trinajstić information content (AvgIpc) is 2.94. The van der Waals surface area contributed by atoms with Crippen molar-refractivity contribution in [1.29, 1.82) is 5.26 Å². The molecule has 150 valence electrons. The van der Waals surface area contributed by atoms with Crippen LogP contribution in [0.25, 0.3) is 0 Å². The molecule has 0 saturated heterocycles.